The van der Waals surface area contributed by atoms with Crippen molar-refractivity contribution in [1.82, 2.24) is 14.9 Å². The van der Waals surface area contributed by atoms with Gasteiger partial charge in [0.1, 0.15) is 5.58 Å². The van der Waals surface area contributed by atoms with E-state index in [1.807, 2.05) is 59.6 Å². The van der Waals surface area contributed by atoms with Crippen molar-refractivity contribution < 1.29 is 9.21 Å². The summed E-state index contributed by atoms with van der Waals surface area (Å²) >= 11 is 0. The molecular formula is C28H26Cl2N4O2. The number of rotatable bonds is 4. The highest BCUT2D eigenvalue weighted by molar-refractivity contribution is 5.96. The zero-order valence-corrected chi connectivity index (χ0v) is 21.1. The summed E-state index contributed by atoms with van der Waals surface area (Å²) in [6.45, 7) is 2.53. The number of halogens is 2. The number of para-hydroxylation sites is 1. The Labute approximate surface area is 221 Å². The highest BCUT2D eigenvalue weighted by Crippen LogP contribution is 2.32. The topological polar surface area (TPSA) is 65.4 Å². The van der Waals surface area contributed by atoms with Crippen LogP contribution in [0, 0.1) is 0 Å². The van der Waals surface area contributed by atoms with E-state index in [4.69, 9.17) is 4.42 Å². The Balaban J connectivity index is 0.00000152. The number of fused-ring (bicyclic) bond motifs is 2. The van der Waals surface area contributed by atoms with E-state index in [0.717, 1.165) is 39.0 Å². The maximum absolute atomic E-state index is 13.5. The smallest absolute Gasteiger partial charge is 0.289 e. The van der Waals surface area contributed by atoms with Crippen LogP contribution in [0.25, 0.3) is 22.1 Å². The van der Waals surface area contributed by atoms with Gasteiger partial charge in [-0.25, -0.2) is 4.98 Å². The van der Waals surface area contributed by atoms with Crippen LogP contribution < -0.4 is 4.90 Å². The van der Waals surface area contributed by atoms with Crippen molar-refractivity contribution in [1.29, 1.82) is 0 Å². The predicted octanol–water partition coefficient (Wildman–Crippen LogP) is 6.33. The zero-order valence-electron chi connectivity index (χ0n) is 19.5. The van der Waals surface area contributed by atoms with E-state index in [-0.39, 0.29) is 30.7 Å². The van der Waals surface area contributed by atoms with Crippen molar-refractivity contribution in [2.45, 2.75) is 13.1 Å². The molecule has 0 fully saturated rings. The number of hydrogen-bond donors (Lipinski definition) is 1. The number of imidazole rings is 1. The molecule has 3 aromatic carbocycles. The number of carbonyl (C=O) groups is 1. The Bertz CT molecular complexity index is 1420. The van der Waals surface area contributed by atoms with Crippen LogP contribution in [-0.2, 0) is 13.1 Å². The maximum atomic E-state index is 13.5. The van der Waals surface area contributed by atoms with E-state index >= 15 is 0 Å². The molecule has 0 saturated heterocycles. The number of benzene rings is 3. The van der Waals surface area contributed by atoms with Gasteiger partial charge in [-0.05, 0) is 41.0 Å². The molecule has 0 radical (unpaired) electrons. The third kappa shape index (κ3) is 4.96. The lowest BCUT2D eigenvalue weighted by Crippen LogP contribution is -2.35. The number of amides is 1. The molecule has 2 aromatic heterocycles. The summed E-state index contributed by atoms with van der Waals surface area (Å²) in [6, 6.07) is 26.4. The predicted molar refractivity (Wildman–Crippen MR) is 147 cm³/mol. The molecule has 1 aliphatic heterocycles. The number of H-pyrrole nitrogens is 1. The fourth-order valence-corrected chi connectivity index (χ4v) is 4.63. The minimum Gasteiger partial charge on any atom is -0.451 e. The number of hydrogen-bond acceptors (Lipinski definition) is 4. The molecular weight excluding hydrogens is 495 g/mol. The lowest BCUT2D eigenvalue weighted by molar-refractivity contribution is 0.0721. The van der Waals surface area contributed by atoms with Gasteiger partial charge in [0.25, 0.3) is 5.91 Å². The molecule has 1 amide bonds. The van der Waals surface area contributed by atoms with E-state index in [1.165, 1.54) is 0 Å². The van der Waals surface area contributed by atoms with Crippen LogP contribution in [0.2, 0.25) is 0 Å². The first-order valence-corrected chi connectivity index (χ1v) is 11.4. The molecule has 6 nitrogen and oxygen atoms in total. The third-order valence-electron chi connectivity index (χ3n) is 6.37. The lowest BCUT2D eigenvalue weighted by Gasteiger charge is -2.24. The number of nitrogens with one attached hydrogen (secondary N) is 1. The van der Waals surface area contributed by atoms with Gasteiger partial charge in [-0.3, -0.25) is 4.79 Å². The minimum atomic E-state index is -0.0874. The number of aromatic amines is 1. The van der Waals surface area contributed by atoms with E-state index in [9.17, 15) is 4.79 Å². The summed E-state index contributed by atoms with van der Waals surface area (Å²) in [5.74, 6) is 0.291. The van der Waals surface area contributed by atoms with Gasteiger partial charge in [-0.15, -0.1) is 24.8 Å². The largest absolute Gasteiger partial charge is 0.451 e. The Morgan fingerprint density at radius 1 is 0.917 bits per heavy atom. The van der Waals surface area contributed by atoms with Crippen LogP contribution in [-0.4, -0.2) is 33.9 Å². The van der Waals surface area contributed by atoms with Crippen molar-refractivity contribution in [3.63, 3.8) is 0 Å². The standard InChI is InChI=1S/C28H24N4O2.2ClH/c33-28(27-15-22-8-4-5-9-26(22)34-27)32-13-12-31(18-24-16-29-19-30-24)25-11-10-21(14-23(25)17-32)20-6-2-1-3-7-20;;/h1-11,14-16,19H,12-13,17-18H2,(H,29,30);2*1H. The molecule has 0 aliphatic carbocycles. The van der Waals surface area contributed by atoms with Gasteiger partial charge < -0.3 is 19.2 Å². The normalized spacial score (nSPS) is 12.9. The lowest BCUT2D eigenvalue weighted by atomic mass is 10.0. The Morgan fingerprint density at radius 3 is 2.50 bits per heavy atom. The number of furan rings is 1. The summed E-state index contributed by atoms with van der Waals surface area (Å²) in [5.41, 5.74) is 6.31. The zero-order chi connectivity index (χ0) is 22.9. The van der Waals surface area contributed by atoms with Gasteiger partial charge in [0, 0.05) is 36.9 Å². The molecule has 1 aliphatic rings. The Hall–Kier alpha value is -3.74. The van der Waals surface area contributed by atoms with Gasteiger partial charge in [0.15, 0.2) is 5.76 Å². The van der Waals surface area contributed by atoms with Crippen molar-refractivity contribution >= 4 is 47.4 Å². The number of carbonyl (C=O) groups excluding carboxylic acids is 1. The summed E-state index contributed by atoms with van der Waals surface area (Å²) in [4.78, 5) is 25.1. The Morgan fingerprint density at radius 2 is 1.72 bits per heavy atom. The molecule has 5 aromatic rings. The fraction of sp³-hybridized carbons (Fsp3) is 0.143. The second-order valence-electron chi connectivity index (χ2n) is 8.58. The molecule has 0 saturated carbocycles. The first-order chi connectivity index (χ1) is 16.7. The molecule has 0 atom stereocenters. The van der Waals surface area contributed by atoms with Gasteiger partial charge in [0.2, 0.25) is 0 Å². The summed E-state index contributed by atoms with van der Waals surface area (Å²) in [5, 5.41) is 0.938. The third-order valence-corrected chi connectivity index (χ3v) is 6.37. The van der Waals surface area contributed by atoms with E-state index in [2.05, 4.69) is 45.2 Å². The fourth-order valence-electron chi connectivity index (χ4n) is 4.63. The van der Waals surface area contributed by atoms with Crippen LogP contribution in [0.3, 0.4) is 0 Å². The second-order valence-corrected chi connectivity index (χ2v) is 8.58. The molecule has 8 heteroatoms. The van der Waals surface area contributed by atoms with Gasteiger partial charge in [-0.2, -0.15) is 0 Å². The Kier molecular flexibility index (Phi) is 7.67. The average molecular weight is 521 g/mol. The number of nitrogens with zero attached hydrogens (tertiary/aromatic N) is 3. The summed E-state index contributed by atoms with van der Waals surface area (Å²) < 4.78 is 5.90. The van der Waals surface area contributed by atoms with Crippen LogP contribution in [0.4, 0.5) is 5.69 Å². The minimum absolute atomic E-state index is 0. The molecule has 6 rings (SSSR count). The molecule has 1 N–H and O–H groups in total. The summed E-state index contributed by atoms with van der Waals surface area (Å²) in [7, 11) is 0. The SMILES string of the molecule is Cl.Cl.O=C(c1cc2ccccc2o1)N1CCN(Cc2cnc[nH]2)c2ccc(-c3ccccc3)cc2C1. The monoisotopic (exact) mass is 520 g/mol. The van der Waals surface area contributed by atoms with Crippen LogP contribution in [0.15, 0.2) is 95.8 Å². The number of anilines is 1. The van der Waals surface area contributed by atoms with Crippen molar-refractivity contribution in [3.05, 3.63) is 108 Å². The van der Waals surface area contributed by atoms with Gasteiger partial charge >= 0.3 is 0 Å². The molecule has 36 heavy (non-hydrogen) atoms. The van der Waals surface area contributed by atoms with Gasteiger partial charge in [-0.1, -0.05) is 54.6 Å². The van der Waals surface area contributed by atoms with E-state index in [1.54, 1.807) is 6.33 Å². The highest BCUT2D eigenvalue weighted by atomic mass is 35.5. The van der Waals surface area contributed by atoms with E-state index < -0.39 is 0 Å². The van der Waals surface area contributed by atoms with Crippen molar-refractivity contribution in [2.75, 3.05) is 18.0 Å². The molecule has 0 unspecified atom stereocenters. The molecule has 184 valence electrons. The van der Waals surface area contributed by atoms with Crippen LogP contribution in [0.5, 0.6) is 0 Å². The van der Waals surface area contributed by atoms with Crippen LogP contribution >= 0.6 is 24.8 Å². The van der Waals surface area contributed by atoms with Crippen LogP contribution in [0.1, 0.15) is 21.8 Å². The molecule has 3 heterocycles. The first-order valence-electron chi connectivity index (χ1n) is 11.4. The first kappa shape index (κ1) is 25.4. The number of aromatic nitrogens is 2. The van der Waals surface area contributed by atoms with Crippen molar-refractivity contribution in [3.8, 4) is 11.1 Å². The molecule has 0 bridgehead atoms. The maximum Gasteiger partial charge on any atom is 0.289 e. The van der Waals surface area contributed by atoms with Crippen molar-refractivity contribution in [2.24, 2.45) is 0 Å². The highest BCUT2D eigenvalue weighted by Gasteiger charge is 2.26. The van der Waals surface area contributed by atoms with E-state index in [0.29, 0.717) is 31.9 Å². The molecule has 0 spiro atoms. The second kappa shape index (κ2) is 10.9. The quantitative estimate of drug-likeness (QED) is 0.300. The average Bonchev–Trinajstić information content (AvgIpc) is 3.52. The van der Waals surface area contributed by atoms with Gasteiger partial charge in [0.05, 0.1) is 18.6 Å². The summed E-state index contributed by atoms with van der Waals surface area (Å²) in [6.07, 6.45) is 3.55.